The van der Waals surface area contributed by atoms with E-state index in [0.717, 1.165) is 5.56 Å². The van der Waals surface area contributed by atoms with E-state index in [1.54, 1.807) is 0 Å². The Morgan fingerprint density at radius 2 is 2.41 bits per heavy atom. The van der Waals surface area contributed by atoms with E-state index in [9.17, 15) is 4.79 Å². The van der Waals surface area contributed by atoms with Crippen LogP contribution in [0.25, 0.3) is 0 Å². The lowest BCUT2D eigenvalue weighted by Crippen LogP contribution is -2.26. The molecule has 0 fully saturated rings. The number of fused-ring (bicyclic) bond motifs is 1. The fourth-order valence-electron chi connectivity index (χ4n) is 1.65. The Morgan fingerprint density at radius 3 is 3.18 bits per heavy atom. The first-order chi connectivity index (χ1) is 8.20. The fourth-order valence-corrected chi connectivity index (χ4v) is 1.65. The number of carbonyl (C=O) groups excluding carboxylic acids is 1. The maximum atomic E-state index is 11.2. The summed E-state index contributed by atoms with van der Waals surface area (Å²) in [6, 6.07) is 5.75. The third-order valence-corrected chi connectivity index (χ3v) is 2.54. The van der Waals surface area contributed by atoms with Crippen molar-refractivity contribution < 1.29 is 14.4 Å². The molecule has 0 spiro atoms. The molecule has 2 N–H and O–H groups in total. The van der Waals surface area contributed by atoms with Gasteiger partial charge in [0, 0.05) is 0 Å². The van der Waals surface area contributed by atoms with E-state index in [4.69, 9.17) is 9.57 Å². The molecule has 1 aromatic carbocycles. The molecule has 5 nitrogen and oxygen atoms in total. The van der Waals surface area contributed by atoms with Gasteiger partial charge >= 0.3 is 0 Å². The summed E-state index contributed by atoms with van der Waals surface area (Å²) in [6.45, 7) is 4.59. The van der Waals surface area contributed by atoms with Crippen molar-refractivity contribution in [2.45, 2.75) is 19.9 Å². The van der Waals surface area contributed by atoms with Gasteiger partial charge in [0.1, 0.15) is 5.75 Å². The number of hydrogen-bond donors (Lipinski definition) is 2. The minimum absolute atomic E-state index is 0.0547. The van der Waals surface area contributed by atoms with Gasteiger partial charge in [-0.2, -0.15) is 5.48 Å². The Kier molecular flexibility index (Phi) is 3.61. The number of hydroxylamine groups is 1. The third kappa shape index (κ3) is 2.75. The van der Waals surface area contributed by atoms with Crippen molar-refractivity contribution in [2.24, 2.45) is 0 Å². The Balaban J connectivity index is 2.14. The lowest BCUT2D eigenvalue weighted by molar-refractivity contribution is -0.118. The highest BCUT2D eigenvalue weighted by Gasteiger charge is 2.17. The second kappa shape index (κ2) is 5.16. The first kappa shape index (κ1) is 11.9. The molecule has 5 heteroatoms. The van der Waals surface area contributed by atoms with Crippen LogP contribution in [0.4, 0.5) is 5.69 Å². The van der Waals surface area contributed by atoms with Crippen molar-refractivity contribution in [2.75, 3.05) is 18.5 Å². The number of nitrogens with one attached hydrogen (secondary N) is 2. The molecule has 1 aliphatic heterocycles. The maximum absolute atomic E-state index is 11.2. The second-order valence-corrected chi connectivity index (χ2v) is 3.86. The van der Waals surface area contributed by atoms with Gasteiger partial charge in [0.25, 0.3) is 5.91 Å². The molecule has 0 aromatic heterocycles. The first-order valence-corrected chi connectivity index (χ1v) is 5.64. The summed E-state index contributed by atoms with van der Waals surface area (Å²) in [5.74, 6) is 0.581. The minimum atomic E-state index is -0.125. The number of benzene rings is 1. The van der Waals surface area contributed by atoms with Crippen LogP contribution < -0.4 is 15.5 Å². The summed E-state index contributed by atoms with van der Waals surface area (Å²) in [7, 11) is 0. The average molecular weight is 236 g/mol. The number of ether oxygens (including phenoxy) is 1. The zero-order chi connectivity index (χ0) is 12.3. The Bertz CT molecular complexity index is 420. The molecule has 1 aromatic rings. The summed E-state index contributed by atoms with van der Waals surface area (Å²) in [5.41, 5.74) is 4.66. The SMILES string of the molecule is CCONC(C)c1ccc2c(c1)NC(=O)CO2. The van der Waals surface area contributed by atoms with Crippen molar-refractivity contribution >= 4 is 11.6 Å². The molecule has 17 heavy (non-hydrogen) atoms. The molecule has 0 saturated heterocycles. The molecule has 1 heterocycles. The van der Waals surface area contributed by atoms with Crippen LogP contribution in [0.5, 0.6) is 5.75 Å². The van der Waals surface area contributed by atoms with E-state index >= 15 is 0 Å². The lowest BCUT2D eigenvalue weighted by Gasteiger charge is -2.20. The van der Waals surface area contributed by atoms with Gasteiger partial charge in [-0.05, 0) is 31.5 Å². The van der Waals surface area contributed by atoms with Crippen LogP contribution in [0.1, 0.15) is 25.5 Å². The first-order valence-electron chi connectivity index (χ1n) is 5.64. The summed E-state index contributed by atoms with van der Waals surface area (Å²) < 4.78 is 5.29. The van der Waals surface area contributed by atoms with Gasteiger partial charge in [-0.3, -0.25) is 4.79 Å². The number of hydrogen-bond acceptors (Lipinski definition) is 4. The van der Waals surface area contributed by atoms with Gasteiger partial charge in [0.15, 0.2) is 6.61 Å². The van der Waals surface area contributed by atoms with Crippen molar-refractivity contribution in [1.29, 1.82) is 0 Å². The number of rotatable bonds is 4. The quantitative estimate of drug-likeness (QED) is 0.780. The van der Waals surface area contributed by atoms with Gasteiger partial charge in [-0.15, -0.1) is 0 Å². The average Bonchev–Trinajstić information content (AvgIpc) is 2.35. The number of anilines is 1. The molecule has 0 bridgehead atoms. The second-order valence-electron chi connectivity index (χ2n) is 3.86. The molecule has 0 aliphatic carbocycles. The minimum Gasteiger partial charge on any atom is -0.482 e. The van der Waals surface area contributed by atoms with Crippen LogP contribution in [0.3, 0.4) is 0 Å². The predicted molar refractivity (Wildman–Crippen MR) is 63.7 cm³/mol. The van der Waals surface area contributed by atoms with Crippen molar-refractivity contribution in [1.82, 2.24) is 5.48 Å². The van der Waals surface area contributed by atoms with E-state index in [2.05, 4.69) is 10.8 Å². The van der Waals surface area contributed by atoms with Gasteiger partial charge in [0.05, 0.1) is 18.3 Å². The largest absolute Gasteiger partial charge is 0.482 e. The molecule has 1 atom stereocenters. The number of amides is 1. The molecule has 1 unspecified atom stereocenters. The van der Waals surface area contributed by atoms with E-state index < -0.39 is 0 Å². The van der Waals surface area contributed by atoms with Crippen molar-refractivity contribution in [3.05, 3.63) is 23.8 Å². The van der Waals surface area contributed by atoms with Gasteiger partial charge in [-0.1, -0.05) is 6.07 Å². The zero-order valence-corrected chi connectivity index (χ0v) is 9.95. The van der Waals surface area contributed by atoms with Gasteiger partial charge in [-0.25, -0.2) is 0 Å². The molecule has 92 valence electrons. The highest BCUT2D eigenvalue weighted by Crippen LogP contribution is 2.30. The van der Waals surface area contributed by atoms with Crippen LogP contribution in [0, 0.1) is 0 Å². The van der Waals surface area contributed by atoms with E-state index in [1.807, 2.05) is 32.0 Å². The Morgan fingerprint density at radius 1 is 1.59 bits per heavy atom. The normalized spacial score (nSPS) is 15.8. The van der Waals surface area contributed by atoms with Crippen LogP contribution in [-0.2, 0) is 9.63 Å². The zero-order valence-electron chi connectivity index (χ0n) is 9.95. The summed E-state index contributed by atoms with van der Waals surface area (Å²) in [6.07, 6.45) is 0. The van der Waals surface area contributed by atoms with Crippen LogP contribution in [-0.4, -0.2) is 19.1 Å². The molecule has 1 aliphatic rings. The summed E-state index contributed by atoms with van der Waals surface area (Å²) >= 11 is 0. The fraction of sp³-hybridized carbons (Fsp3) is 0.417. The van der Waals surface area contributed by atoms with Gasteiger partial charge in [0.2, 0.25) is 0 Å². The third-order valence-electron chi connectivity index (χ3n) is 2.54. The van der Waals surface area contributed by atoms with Gasteiger partial charge < -0.3 is 14.9 Å². The van der Waals surface area contributed by atoms with Crippen LogP contribution in [0.15, 0.2) is 18.2 Å². The number of carbonyl (C=O) groups is 1. The van der Waals surface area contributed by atoms with Crippen molar-refractivity contribution in [3.8, 4) is 5.75 Å². The standard InChI is InChI=1S/C12H16N2O3/c1-3-17-14-8(2)9-4-5-11-10(6-9)13-12(15)7-16-11/h4-6,8,14H,3,7H2,1-2H3,(H,13,15). The van der Waals surface area contributed by atoms with Crippen LogP contribution >= 0.6 is 0 Å². The monoisotopic (exact) mass is 236 g/mol. The van der Waals surface area contributed by atoms with E-state index in [-0.39, 0.29) is 18.6 Å². The maximum Gasteiger partial charge on any atom is 0.262 e. The summed E-state index contributed by atoms with van der Waals surface area (Å²) in [4.78, 5) is 16.3. The molecular weight excluding hydrogens is 220 g/mol. The van der Waals surface area contributed by atoms with E-state index in [1.165, 1.54) is 0 Å². The molecule has 1 amide bonds. The molecular formula is C12H16N2O3. The smallest absolute Gasteiger partial charge is 0.262 e. The molecule has 2 rings (SSSR count). The molecule has 0 saturated carbocycles. The Hall–Kier alpha value is -1.59. The predicted octanol–water partition coefficient (Wildman–Crippen LogP) is 1.62. The summed E-state index contributed by atoms with van der Waals surface area (Å²) in [5, 5.41) is 2.78. The molecule has 0 radical (unpaired) electrons. The topological polar surface area (TPSA) is 59.6 Å². The van der Waals surface area contributed by atoms with Crippen LogP contribution in [0.2, 0.25) is 0 Å². The highest BCUT2D eigenvalue weighted by atomic mass is 16.6. The highest BCUT2D eigenvalue weighted by molar-refractivity contribution is 5.95. The van der Waals surface area contributed by atoms with E-state index in [0.29, 0.717) is 18.0 Å². The van der Waals surface area contributed by atoms with Crippen molar-refractivity contribution in [3.63, 3.8) is 0 Å². The Labute approximate surface area is 100 Å². The lowest BCUT2D eigenvalue weighted by atomic mass is 10.1.